The number of carbonyl (C=O) groups excluding carboxylic acids is 1. The van der Waals surface area contributed by atoms with E-state index in [1.165, 1.54) is 16.7 Å². The van der Waals surface area contributed by atoms with Crippen LogP contribution >= 0.6 is 35.8 Å². The third-order valence-corrected chi connectivity index (χ3v) is 5.49. The number of anilines is 1. The van der Waals surface area contributed by atoms with Crippen molar-refractivity contribution in [3.8, 4) is 0 Å². The van der Waals surface area contributed by atoms with Gasteiger partial charge >= 0.3 is 0 Å². The van der Waals surface area contributed by atoms with Crippen LogP contribution in [0.1, 0.15) is 35.6 Å². The molecular weight excluding hydrogens is 375 g/mol. The lowest BCUT2D eigenvalue weighted by atomic mass is 9.87. The SMILES string of the molecule is Cl.Nc1ccc2c(c1)CCCC2NC(=O)CSCc1ccc(Cl)cc1. The maximum atomic E-state index is 12.3. The summed E-state index contributed by atoms with van der Waals surface area (Å²) in [6.45, 7) is 0. The summed E-state index contributed by atoms with van der Waals surface area (Å²) in [6.07, 6.45) is 3.11. The number of amides is 1. The van der Waals surface area contributed by atoms with Gasteiger partial charge in [0.25, 0.3) is 0 Å². The Labute approximate surface area is 164 Å². The zero-order chi connectivity index (χ0) is 16.9. The van der Waals surface area contributed by atoms with Crippen molar-refractivity contribution in [1.29, 1.82) is 0 Å². The van der Waals surface area contributed by atoms with Gasteiger partial charge < -0.3 is 11.1 Å². The Morgan fingerprint density at radius 2 is 2.00 bits per heavy atom. The summed E-state index contributed by atoms with van der Waals surface area (Å²) >= 11 is 7.49. The number of hydrogen-bond acceptors (Lipinski definition) is 3. The molecule has 0 aliphatic heterocycles. The Morgan fingerprint density at radius 1 is 1.24 bits per heavy atom. The molecule has 2 aromatic carbocycles. The van der Waals surface area contributed by atoms with Gasteiger partial charge in [-0.05, 0) is 60.2 Å². The Bertz CT molecular complexity index is 722. The van der Waals surface area contributed by atoms with E-state index in [-0.39, 0.29) is 24.4 Å². The molecule has 1 aliphatic carbocycles. The molecule has 3 rings (SSSR count). The summed E-state index contributed by atoms with van der Waals surface area (Å²) in [5.41, 5.74) is 10.3. The summed E-state index contributed by atoms with van der Waals surface area (Å²) in [4.78, 5) is 12.3. The van der Waals surface area contributed by atoms with E-state index in [1.54, 1.807) is 11.8 Å². The molecule has 0 radical (unpaired) electrons. The molecular formula is C19H22Cl2N2OS. The van der Waals surface area contributed by atoms with Crippen LogP contribution in [0.2, 0.25) is 5.02 Å². The number of nitrogen functional groups attached to an aromatic ring is 1. The lowest BCUT2D eigenvalue weighted by molar-refractivity contribution is -0.119. The monoisotopic (exact) mass is 396 g/mol. The van der Waals surface area contributed by atoms with Crippen molar-refractivity contribution in [2.45, 2.75) is 31.1 Å². The fourth-order valence-corrected chi connectivity index (χ4v) is 3.99. The van der Waals surface area contributed by atoms with Gasteiger partial charge in [-0.25, -0.2) is 0 Å². The van der Waals surface area contributed by atoms with E-state index >= 15 is 0 Å². The maximum absolute atomic E-state index is 12.3. The topological polar surface area (TPSA) is 55.1 Å². The number of nitrogens with two attached hydrogens (primary N) is 1. The molecule has 3 nitrogen and oxygen atoms in total. The number of benzene rings is 2. The fraction of sp³-hybridized carbons (Fsp3) is 0.316. The number of carbonyl (C=O) groups is 1. The van der Waals surface area contributed by atoms with Gasteiger partial charge in [-0.2, -0.15) is 0 Å². The van der Waals surface area contributed by atoms with E-state index in [9.17, 15) is 4.79 Å². The number of fused-ring (bicyclic) bond motifs is 1. The molecule has 0 spiro atoms. The van der Waals surface area contributed by atoms with Gasteiger partial charge in [0.05, 0.1) is 11.8 Å². The lowest BCUT2D eigenvalue weighted by Gasteiger charge is -2.26. The molecule has 0 saturated heterocycles. The fourth-order valence-electron chi connectivity index (χ4n) is 3.06. The number of rotatable bonds is 5. The summed E-state index contributed by atoms with van der Waals surface area (Å²) in [7, 11) is 0. The zero-order valence-electron chi connectivity index (χ0n) is 13.8. The van der Waals surface area contributed by atoms with Crippen molar-refractivity contribution in [1.82, 2.24) is 5.32 Å². The second kappa shape index (κ2) is 9.37. The molecule has 0 bridgehead atoms. The van der Waals surface area contributed by atoms with Crippen LogP contribution in [0.5, 0.6) is 0 Å². The molecule has 0 aromatic heterocycles. The normalized spacial score (nSPS) is 15.8. The first kappa shape index (κ1) is 20.0. The first-order valence-corrected chi connectivity index (χ1v) is 9.65. The summed E-state index contributed by atoms with van der Waals surface area (Å²) in [6, 6.07) is 13.9. The first-order chi connectivity index (χ1) is 11.6. The van der Waals surface area contributed by atoms with Crippen LogP contribution in [0.25, 0.3) is 0 Å². The van der Waals surface area contributed by atoms with Crippen molar-refractivity contribution < 1.29 is 4.79 Å². The molecule has 1 atom stereocenters. The molecule has 3 N–H and O–H groups in total. The Hall–Kier alpha value is -1.36. The van der Waals surface area contributed by atoms with Gasteiger partial charge in [0.1, 0.15) is 0 Å². The average molecular weight is 397 g/mol. The van der Waals surface area contributed by atoms with E-state index in [0.29, 0.717) is 5.75 Å². The molecule has 2 aromatic rings. The number of aryl methyl sites for hydroxylation is 1. The standard InChI is InChI=1S/C19H21ClN2OS.ClH/c20-15-6-4-13(5-7-15)11-24-12-19(23)22-18-3-1-2-14-10-16(21)8-9-17(14)18;/h4-10,18H,1-3,11-12,21H2,(H,22,23);1H. The molecule has 0 saturated carbocycles. The smallest absolute Gasteiger partial charge is 0.230 e. The van der Waals surface area contributed by atoms with E-state index in [2.05, 4.69) is 11.4 Å². The number of thioether (sulfide) groups is 1. The number of hydrogen-bond donors (Lipinski definition) is 2. The summed E-state index contributed by atoms with van der Waals surface area (Å²) in [5.74, 6) is 1.36. The molecule has 6 heteroatoms. The van der Waals surface area contributed by atoms with E-state index < -0.39 is 0 Å². The lowest BCUT2D eigenvalue weighted by Crippen LogP contribution is -2.32. The van der Waals surface area contributed by atoms with Crippen molar-refractivity contribution in [3.63, 3.8) is 0 Å². The minimum Gasteiger partial charge on any atom is -0.399 e. The Balaban J connectivity index is 0.00000225. The molecule has 0 fully saturated rings. The molecule has 1 aliphatic rings. The highest BCUT2D eigenvalue weighted by atomic mass is 35.5. The highest BCUT2D eigenvalue weighted by Crippen LogP contribution is 2.31. The quantitative estimate of drug-likeness (QED) is 0.715. The van der Waals surface area contributed by atoms with Gasteiger partial charge in [0.15, 0.2) is 0 Å². The van der Waals surface area contributed by atoms with Gasteiger partial charge in [-0.1, -0.05) is 29.8 Å². The second-order valence-electron chi connectivity index (χ2n) is 6.09. The Morgan fingerprint density at radius 3 is 2.76 bits per heavy atom. The van der Waals surface area contributed by atoms with Crippen LogP contribution in [0, 0.1) is 0 Å². The first-order valence-electron chi connectivity index (χ1n) is 8.11. The highest BCUT2D eigenvalue weighted by Gasteiger charge is 2.21. The second-order valence-corrected chi connectivity index (χ2v) is 7.51. The number of nitrogens with one attached hydrogen (secondary N) is 1. The highest BCUT2D eigenvalue weighted by molar-refractivity contribution is 7.99. The van der Waals surface area contributed by atoms with Crippen molar-refractivity contribution in [2.75, 3.05) is 11.5 Å². The van der Waals surface area contributed by atoms with Crippen LogP contribution in [0.3, 0.4) is 0 Å². The van der Waals surface area contributed by atoms with Gasteiger partial charge in [-0.3, -0.25) is 4.79 Å². The largest absolute Gasteiger partial charge is 0.399 e. The minimum atomic E-state index is 0. The van der Waals surface area contributed by atoms with Crippen LogP contribution in [-0.4, -0.2) is 11.7 Å². The maximum Gasteiger partial charge on any atom is 0.230 e. The van der Waals surface area contributed by atoms with Crippen molar-refractivity contribution in [3.05, 3.63) is 64.2 Å². The summed E-state index contributed by atoms with van der Waals surface area (Å²) in [5, 5.41) is 3.90. The third-order valence-electron chi connectivity index (χ3n) is 4.23. The average Bonchev–Trinajstić information content (AvgIpc) is 2.56. The van der Waals surface area contributed by atoms with E-state index in [1.807, 2.05) is 36.4 Å². The molecule has 1 amide bonds. The summed E-state index contributed by atoms with van der Waals surface area (Å²) < 4.78 is 0. The van der Waals surface area contributed by atoms with Crippen molar-refractivity contribution >= 4 is 47.4 Å². The van der Waals surface area contributed by atoms with Gasteiger partial charge in [0, 0.05) is 16.5 Å². The van der Waals surface area contributed by atoms with E-state index in [4.69, 9.17) is 17.3 Å². The molecule has 134 valence electrons. The van der Waals surface area contributed by atoms with Crippen LogP contribution in [-0.2, 0) is 17.0 Å². The Kier molecular flexibility index (Phi) is 7.48. The minimum absolute atomic E-state index is 0. The van der Waals surface area contributed by atoms with Gasteiger partial charge in [-0.15, -0.1) is 24.2 Å². The van der Waals surface area contributed by atoms with Crippen LogP contribution in [0.4, 0.5) is 5.69 Å². The number of halogens is 2. The molecule has 1 unspecified atom stereocenters. The van der Waals surface area contributed by atoms with E-state index in [0.717, 1.165) is 35.7 Å². The van der Waals surface area contributed by atoms with Crippen molar-refractivity contribution in [2.24, 2.45) is 0 Å². The predicted octanol–water partition coefficient (Wildman–Crippen LogP) is 4.77. The zero-order valence-corrected chi connectivity index (χ0v) is 16.2. The van der Waals surface area contributed by atoms with Crippen LogP contribution < -0.4 is 11.1 Å². The van der Waals surface area contributed by atoms with Gasteiger partial charge in [0.2, 0.25) is 5.91 Å². The predicted molar refractivity (Wildman–Crippen MR) is 110 cm³/mol. The molecule has 25 heavy (non-hydrogen) atoms. The van der Waals surface area contributed by atoms with Crippen LogP contribution in [0.15, 0.2) is 42.5 Å². The third kappa shape index (κ3) is 5.56. The molecule has 0 heterocycles.